The fraction of sp³-hybridized carbons (Fsp3) is 0.417. The van der Waals surface area contributed by atoms with Crippen molar-refractivity contribution in [2.45, 2.75) is 13.8 Å². The van der Waals surface area contributed by atoms with E-state index in [9.17, 15) is 0 Å². The summed E-state index contributed by atoms with van der Waals surface area (Å²) in [6.45, 7) is 4.40. The third kappa shape index (κ3) is 1.70. The number of benzene rings is 1. The van der Waals surface area contributed by atoms with Gasteiger partial charge >= 0.3 is 96.9 Å². The van der Waals surface area contributed by atoms with Gasteiger partial charge in [-0.2, -0.15) is 0 Å². The van der Waals surface area contributed by atoms with Gasteiger partial charge in [0.15, 0.2) is 0 Å². The van der Waals surface area contributed by atoms with Gasteiger partial charge in [-0.3, -0.25) is 0 Å². The van der Waals surface area contributed by atoms with Gasteiger partial charge in [0.05, 0.1) is 0 Å². The molecule has 2 aromatic rings. The number of fused-ring (bicyclic) bond motifs is 1. The van der Waals surface area contributed by atoms with Gasteiger partial charge in [0.2, 0.25) is 0 Å². The van der Waals surface area contributed by atoms with E-state index in [4.69, 9.17) is 0 Å². The second-order valence-corrected chi connectivity index (χ2v) is 6.66. The molecule has 1 aromatic heterocycles. The first-order valence-corrected chi connectivity index (χ1v) is 6.70. The van der Waals surface area contributed by atoms with Gasteiger partial charge in [-0.05, 0) is 0 Å². The van der Waals surface area contributed by atoms with Gasteiger partial charge in [-0.15, -0.1) is 0 Å². The average molecular weight is 268 g/mol. The van der Waals surface area contributed by atoms with Crippen molar-refractivity contribution in [3.8, 4) is 0 Å². The van der Waals surface area contributed by atoms with Gasteiger partial charge in [-0.1, -0.05) is 0 Å². The molecule has 0 amide bonds. The van der Waals surface area contributed by atoms with Gasteiger partial charge < -0.3 is 0 Å². The van der Waals surface area contributed by atoms with Crippen LogP contribution in [-0.4, -0.2) is 28.8 Å². The molecule has 0 fully saturated rings. The Morgan fingerprint density at radius 1 is 1.20 bits per heavy atom. The fourth-order valence-corrected chi connectivity index (χ4v) is 4.00. The summed E-state index contributed by atoms with van der Waals surface area (Å²) in [7, 11) is 6.40. The molecule has 0 N–H and O–H groups in total. The number of anilines is 1. The molecule has 0 aliphatic rings. The van der Waals surface area contributed by atoms with E-state index in [0.29, 0.717) is 14.7 Å². The third-order valence-electron chi connectivity index (χ3n) is 2.88. The zero-order valence-corrected chi connectivity index (χ0v) is 11.7. The van der Waals surface area contributed by atoms with Crippen molar-refractivity contribution in [1.29, 1.82) is 0 Å². The summed E-state index contributed by atoms with van der Waals surface area (Å²) in [6.07, 6.45) is 0. The van der Waals surface area contributed by atoms with Crippen molar-refractivity contribution in [3.05, 3.63) is 23.4 Å². The zero-order valence-electron chi connectivity index (χ0n) is 9.96. The Kier molecular flexibility index (Phi) is 2.61. The molecule has 0 saturated heterocycles. The number of hydrogen-bond acceptors (Lipinski definition) is 1. The molecule has 0 aliphatic heterocycles. The van der Waals surface area contributed by atoms with Crippen molar-refractivity contribution >= 4 is 30.1 Å². The maximum absolute atomic E-state index is 2.37. The second-order valence-electron chi connectivity index (χ2n) is 4.20. The van der Waals surface area contributed by atoms with Crippen LogP contribution in [0.15, 0.2) is 12.1 Å². The summed E-state index contributed by atoms with van der Waals surface area (Å²) in [5.74, 6) is 0. The summed E-state index contributed by atoms with van der Waals surface area (Å²) in [5, 5.41) is 1.45. The van der Waals surface area contributed by atoms with Crippen LogP contribution in [0.4, 0.5) is 5.69 Å². The molecule has 2 nitrogen and oxygen atoms in total. The van der Waals surface area contributed by atoms with Crippen LogP contribution in [0, 0.1) is 13.8 Å². The molecule has 1 aromatic carbocycles. The second kappa shape index (κ2) is 3.66. The van der Waals surface area contributed by atoms with Crippen LogP contribution in [0.3, 0.4) is 0 Å². The average Bonchev–Trinajstić information content (AvgIpc) is 2.43. The Labute approximate surface area is 97.1 Å². The van der Waals surface area contributed by atoms with Crippen LogP contribution >= 0.6 is 0 Å². The van der Waals surface area contributed by atoms with Crippen molar-refractivity contribution in [2.75, 3.05) is 19.0 Å². The van der Waals surface area contributed by atoms with Gasteiger partial charge in [0.1, 0.15) is 0 Å². The topological polar surface area (TPSA) is 7.12 Å². The first-order chi connectivity index (χ1) is 7.00. The summed E-state index contributed by atoms with van der Waals surface area (Å²) in [6, 6.07) is 4.67. The molecule has 0 aliphatic carbocycles. The number of hydrogen-bond donors (Lipinski definition) is 0. The minimum atomic E-state index is 0.470. The van der Waals surface area contributed by atoms with E-state index in [0.717, 1.165) is 0 Å². The fourth-order valence-electron chi connectivity index (χ4n) is 1.90. The van der Waals surface area contributed by atoms with Gasteiger partial charge in [0, 0.05) is 0 Å². The van der Waals surface area contributed by atoms with Crippen LogP contribution in [0.1, 0.15) is 11.3 Å². The van der Waals surface area contributed by atoms with E-state index in [1.807, 2.05) is 0 Å². The van der Waals surface area contributed by atoms with E-state index in [-0.39, 0.29) is 0 Å². The molecule has 0 bridgehead atoms. The van der Waals surface area contributed by atoms with E-state index < -0.39 is 0 Å². The molecule has 2 rings (SSSR count). The molecule has 15 heavy (non-hydrogen) atoms. The summed E-state index contributed by atoms with van der Waals surface area (Å²) >= 11 is 0.470. The normalized spacial score (nSPS) is 11.0. The van der Waals surface area contributed by atoms with E-state index in [2.05, 4.69) is 55.6 Å². The number of rotatable bonds is 1. The zero-order chi connectivity index (χ0) is 11.2. The first-order valence-electron chi connectivity index (χ1n) is 5.08. The summed E-state index contributed by atoms with van der Waals surface area (Å²) in [4.78, 5) is 2.19. The van der Waals surface area contributed by atoms with Crippen LogP contribution in [0.5, 0.6) is 0 Å². The predicted molar refractivity (Wildman–Crippen MR) is 65.9 cm³/mol. The van der Waals surface area contributed by atoms with Crippen molar-refractivity contribution in [3.63, 3.8) is 0 Å². The Balaban J connectivity index is 2.76. The minimum absolute atomic E-state index is 0.470. The Morgan fingerprint density at radius 3 is 2.47 bits per heavy atom. The molecule has 0 spiro atoms. The monoisotopic (exact) mass is 269 g/mol. The maximum atomic E-state index is 2.37. The molecule has 0 unspecified atom stereocenters. The van der Waals surface area contributed by atoms with Crippen LogP contribution in [0.2, 0.25) is 0 Å². The van der Waals surface area contributed by atoms with Crippen molar-refractivity contribution < 1.29 is 3.56 Å². The molecule has 0 radical (unpaired) electrons. The van der Waals surface area contributed by atoms with Crippen molar-refractivity contribution in [2.24, 2.45) is 7.05 Å². The quantitative estimate of drug-likeness (QED) is 0.709. The summed E-state index contributed by atoms with van der Waals surface area (Å²) < 4.78 is 3.88. The molecule has 3 heteroatoms. The number of aromatic nitrogens is 1. The third-order valence-corrected chi connectivity index (χ3v) is 5.15. The van der Waals surface area contributed by atoms with E-state index in [1.54, 1.807) is 0 Å². The Bertz CT molecular complexity index is 512. The van der Waals surface area contributed by atoms with Gasteiger partial charge in [-0.25, -0.2) is 0 Å². The summed E-state index contributed by atoms with van der Waals surface area (Å²) in [5.41, 5.74) is 4.13. The van der Waals surface area contributed by atoms with Crippen LogP contribution in [0.25, 0.3) is 9.65 Å². The first kappa shape index (κ1) is 10.7. The standard InChI is InChI=1S/C12H17N2Se/c1-8-6-10-9(2)14(5)15-12(10)7-11(8)13(3)4/h6-7H,1-5H3/q+1. The molecule has 0 atom stereocenters. The van der Waals surface area contributed by atoms with Crippen LogP contribution < -0.4 is 8.46 Å². The molecule has 1 heterocycles. The molecular weight excluding hydrogens is 251 g/mol. The number of aryl methyl sites for hydroxylation is 3. The van der Waals surface area contributed by atoms with E-state index in [1.165, 1.54) is 26.6 Å². The van der Waals surface area contributed by atoms with Crippen molar-refractivity contribution in [1.82, 2.24) is 0 Å². The van der Waals surface area contributed by atoms with Crippen LogP contribution in [-0.2, 0) is 7.05 Å². The molecule has 0 saturated carbocycles. The Hall–Kier alpha value is -0.791. The molecular formula is C12H17N2Se+. The number of nitrogens with zero attached hydrogens (tertiary/aromatic N) is 2. The Morgan fingerprint density at radius 2 is 1.87 bits per heavy atom. The molecule has 80 valence electrons. The predicted octanol–water partition coefficient (Wildman–Crippen LogP) is 1.40. The SMILES string of the molecule is Cc1cc2c(C)[n+](C)[se]c2cc1N(C)C. The van der Waals surface area contributed by atoms with Gasteiger partial charge in [0.25, 0.3) is 0 Å². The van der Waals surface area contributed by atoms with E-state index >= 15 is 0 Å².